The summed E-state index contributed by atoms with van der Waals surface area (Å²) in [6.45, 7) is 26.0. The molecule has 2 unspecified atom stereocenters. The van der Waals surface area contributed by atoms with Gasteiger partial charge < -0.3 is 9.32 Å². The number of fused-ring (bicyclic) bond motifs is 9. The van der Waals surface area contributed by atoms with E-state index < -0.39 is 0 Å². The maximum atomic E-state index is 7.43. The molecule has 0 bridgehead atoms. The van der Waals surface area contributed by atoms with Gasteiger partial charge in [0, 0.05) is 43.9 Å². The highest BCUT2D eigenvalue weighted by Crippen LogP contribution is 2.62. The number of benzene rings is 5. The fourth-order valence-corrected chi connectivity index (χ4v) is 11.2. The molecule has 4 heterocycles. The van der Waals surface area contributed by atoms with Gasteiger partial charge in [0.1, 0.15) is 5.58 Å². The number of nitrogens with zero attached hydrogens (tertiary/aromatic N) is 2. The summed E-state index contributed by atoms with van der Waals surface area (Å²) in [7, 11) is 0. The third-order valence-corrected chi connectivity index (χ3v) is 14.8. The van der Waals surface area contributed by atoms with Crippen LogP contribution in [0.1, 0.15) is 124 Å². The molecule has 2 atom stereocenters. The van der Waals surface area contributed by atoms with Crippen molar-refractivity contribution in [2.45, 2.75) is 129 Å². The fourth-order valence-electron chi connectivity index (χ4n) is 11.0. The van der Waals surface area contributed by atoms with Crippen LogP contribution >= 0.6 is 11.6 Å². The van der Waals surface area contributed by atoms with E-state index in [2.05, 4.69) is 177 Å². The standard InChI is InChI=1S/C52H56BClN2O/c1-48(2,3)32-20-22-40(37(25-32)31-17-13-12-14-18-31)55-41-29-35(54)30-42-45(41)53(44-36-21-19-33(49(4,5)6)28-43(36)57-47(44)55)39-27-34(50(7,8)9)26-38-46(39)56(42)52(11)24-16-15-23-51(38,52)10/h12-14,17-22,25-30H,15-16,23-24H2,1-11H3. The minimum atomic E-state index is -0.100. The van der Waals surface area contributed by atoms with Gasteiger partial charge in [-0.05, 0) is 105 Å². The molecule has 1 fully saturated rings. The molecule has 1 aromatic heterocycles. The van der Waals surface area contributed by atoms with Crippen LogP contribution in [0.4, 0.5) is 28.6 Å². The molecule has 0 spiro atoms. The highest BCUT2D eigenvalue weighted by Gasteiger charge is 2.62. The molecule has 1 saturated carbocycles. The van der Waals surface area contributed by atoms with Gasteiger partial charge in [0.2, 0.25) is 5.88 Å². The molecule has 5 aromatic carbocycles. The predicted molar refractivity (Wildman–Crippen MR) is 245 cm³/mol. The lowest BCUT2D eigenvalue weighted by Gasteiger charge is -2.52. The highest BCUT2D eigenvalue weighted by molar-refractivity contribution is 7.01. The van der Waals surface area contributed by atoms with Gasteiger partial charge in [0.25, 0.3) is 6.71 Å². The highest BCUT2D eigenvalue weighted by atomic mass is 35.5. The summed E-state index contributed by atoms with van der Waals surface area (Å²) >= 11 is 7.43. The monoisotopic (exact) mass is 770 g/mol. The summed E-state index contributed by atoms with van der Waals surface area (Å²) in [5.41, 5.74) is 17.4. The van der Waals surface area contributed by atoms with Crippen LogP contribution in [0.25, 0.3) is 22.1 Å². The summed E-state index contributed by atoms with van der Waals surface area (Å²) < 4.78 is 7.36. The molecular formula is C52H56BClN2O. The van der Waals surface area contributed by atoms with Crippen LogP contribution in [0, 0.1) is 0 Å². The first-order valence-electron chi connectivity index (χ1n) is 21.2. The zero-order chi connectivity index (χ0) is 40.2. The maximum absolute atomic E-state index is 7.43. The lowest BCUT2D eigenvalue weighted by Crippen LogP contribution is -2.64. The number of hydrogen-bond acceptors (Lipinski definition) is 3. The average Bonchev–Trinajstić information content (AvgIpc) is 3.62. The van der Waals surface area contributed by atoms with Crippen molar-refractivity contribution in [2.75, 3.05) is 9.80 Å². The second-order valence-electron chi connectivity index (χ2n) is 21.1. The van der Waals surface area contributed by atoms with Crippen molar-refractivity contribution in [1.29, 1.82) is 0 Å². The fraction of sp³-hybridized carbons (Fsp3) is 0.385. The van der Waals surface area contributed by atoms with Gasteiger partial charge in [0.05, 0.1) is 11.2 Å². The number of hydrogen-bond donors (Lipinski definition) is 0. The molecule has 3 aliphatic heterocycles. The van der Waals surface area contributed by atoms with Crippen molar-refractivity contribution in [3.05, 3.63) is 118 Å². The molecule has 1 aliphatic carbocycles. The maximum Gasteiger partial charge on any atom is 0.257 e. The molecule has 0 amide bonds. The van der Waals surface area contributed by atoms with Crippen LogP contribution in [0.5, 0.6) is 0 Å². The number of furan rings is 1. The van der Waals surface area contributed by atoms with Crippen LogP contribution in [0.2, 0.25) is 5.02 Å². The summed E-state index contributed by atoms with van der Waals surface area (Å²) in [5, 5.41) is 1.93. The Hall–Kier alpha value is -4.41. The van der Waals surface area contributed by atoms with Crippen molar-refractivity contribution < 1.29 is 4.42 Å². The zero-order valence-electron chi connectivity index (χ0n) is 35.7. The Kier molecular flexibility index (Phi) is 7.67. The zero-order valence-corrected chi connectivity index (χ0v) is 36.5. The predicted octanol–water partition coefficient (Wildman–Crippen LogP) is 13.0. The van der Waals surface area contributed by atoms with Gasteiger partial charge in [-0.15, -0.1) is 0 Å². The van der Waals surface area contributed by atoms with E-state index in [1.807, 2.05) is 0 Å². The van der Waals surface area contributed by atoms with E-state index in [1.54, 1.807) is 0 Å². The van der Waals surface area contributed by atoms with Crippen molar-refractivity contribution in [2.24, 2.45) is 0 Å². The Balaban J connectivity index is 1.36. The summed E-state index contributed by atoms with van der Waals surface area (Å²) in [6.07, 6.45) is 4.79. The Morgan fingerprint density at radius 2 is 1.30 bits per heavy atom. The largest absolute Gasteiger partial charge is 0.440 e. The van der Waals surface area contributed by atoms with Crippen LogP contribution in [0.15, 0.2) is 95.4 Å². The molecule has 4 aliphatic rings. The van der Waals surface area contributed by atoms with E-state index in [4.69, 9.17) is 16.0 Å². The van der Waals surface area contributed by atoms with Crippen LogP contribution in [-0.2, 0) is 21.7 Å². The molecule has 10 rings (SSSR count). The first-order valence-corrected chi connectivity index (χ1v) is 21.6. The van der Waals surface area contributed by atoms with Crippen molar-refractivity contribution in [3.63, 3.8) is 0 Å². The Morgan fingerprint density at radius 1 is 0.649 bits per heavy atom. The SMILES string of the molecule is CC(C)(C)c1ccc(N2c3cc(Cl)cc4c3B(c3cc(C(C)(C)C)cc5c3N4C3(C)CCCCC53C)c3c2oc2cc(C(C)(C)C)ccc32)c(-c2ccccc2)c1. The first kappa shape index (κ1) is 36.9. The van der Waals surface area contributed by atoms with E-state index in [-0.39, 0.29) is 33.9 Å². The summed E-state index contributed by atoms with van der Waals surface area (Å²) in [5.74, 6) is 0.888. The van der Waals surface area contributed by atoms with Gasteiger partial charge in [-0.3, -0.25) is 4.90 Å². The van der Waals surface area contributed by atoms with Crippen molar-refractivity contribution >= 4 is 74.3 Å². The van der Waals surface area contributed by atoms with E-state index >= 15 is 0 Å². The molecule has 57 heavy (non-hydrogen) atoms. The van der Waals surface area contributed by atoms with Crippen molar-refractivity contribution in [1.82, 2.24) is 0 Å². The molecule has 0 radical (unpaired) electrons. The molecule has 0 N–H and O–H groups in total. The lowest BCUT2D eigenvalue weighted by molar-refractivity contribution is 0.195. The van der Waals surface area contributed by atoms with E-state index in [0.717, 1.165) is 34.3 Å². The average molecular weight is 771 g/mol. The summed E-state index contributed by atoms with van der Waals surface area (Å²) in [6, 6.07) is 34.5. The number of rotatable bonds is 2. The van der Waals surface area contributed by atoms with E-state index in [1.165, 1.54) is 85.8 Å². The van der Waals surface area contributed by atoms with Crippen molar-refractivity contribution in [3.8, 4) is 11.1 Å². The Morgan fingerprint density at radius 3 is 2.00 bits per heavy atom. The van der Waals surface area contributed by atoms with Crippen LogP contribution in [-0.4, -0.2) is 12.3 Å². The minimum absolute atomic E-state index is 0.00878. The molecule has 0 saturated heterocycles. The third-order valence-electron chi connectivity index (χ3n) is 14.5. The van der Waals surface area contributed by atoms with Gasteiger partial charge in [-0.25, -0.2) is 0 Å². The number of halogens is 1. The first-order chi connectivity index (χ1) is 26.8. The molecule has 5 heteroatoms. The smallest absolute Gasteiger partial charge is 0.257 e. The van der Waals surface area contributed by atoms with Crippen LogP contribution in [0.3, 0.4) is 0 Å². The molecular weight excluding hydrogens is 715 g/mol. The molecule has 6 aromatic rings. The van der Waals surface area contributed by atoms with E-state index in [9.17, 15) is 0 Å². The van der Waals surface area contributed by atoms with Gasteiger partial charge in [0.15, 0.2) is 0 Å². The van der Waals surface area contributed by atoms with Crippen LogP contribution < -0.4 is 26.2 Å². The second kappa shape index (κ2) is 11.8. The molecule has 290 valence electrons. The molecule has 3 nitrogen and oxygen atoms in total. The summed E-state index contributed by atoms with van der Waals surface area (Å²) in [4.78, 5) is 5.20. The quantitative estimate of drug-likeness (QED) is 0.163. The van der Waals surface area contributed by atoms with Gasteiger partial charge >= 0.3 is 0 Å². The van der Waals surface area contributed by atoms with Gasteiger partial charge in [-0.2, -0.15) is 0 Å². The minimum Gasteiger partial charge on any atom is -0.440 e. The van der Waals surface area contributed by atoms with E-state index in [0.29, 0.717) is 0 Å². The Labute approximate surface area is 345 Å². The number of anilines is 5. The Bertz CT molecular complexity index is 2650. The van der Waals surface area contributed by atoms with Gasteiger partial charge in [-0.1, -0.05) is 154 Å². The second-order valence-corrected chi connectivity index (χ2v) is 21.6. The topological polar surface area (TPSA) is 19.6 Å². The lowest BCUT2D eigenvalue weighted by atomic mass is 9.33. The normalized spacial score (nSPS) is 21.1. The third kappa shape index (κ3) is 5.11.